The Bertz CT molecular complexity index is 946. The average Bonchev–Trinajstić information content (AvgIpc) is 3.36. The van der Waals surface area contributed by atoms with E-state index in [9.17, 15) is 0 Å². The molecule has 9 heteroatoms. The van der Waals surface area contributed by atoms with E-state index in [0.717, 1.165) is 20.0 Å². The molecule has 0 atom stereocenters. The summed E-state index contributed by atoms with van der Waals surface area (Å²) in [6.45, 7) is 2.06. The molecule has 3 heterocycles. The van der Waals surface area contributed by atoms with Crippen molar-refractivity contribution in [2.45, 2.75) is 17.0 Å². The van der Waals surface area contributed by atoms with E-state index in [4.69, 9.17) is 4.52 Å². The Labute approximate surface area is 156 Å². The van der Waals surface area contributed by atoms with Gasteiger partial charge >= 0.3 is 0 Å². The van der Waals surface area contributed by atoms with E-state index in [0.29, 0.717) is 17.5 Å². The topological polar surface area (TPSA) is 76.7 Å². The van der Waals surface area contributed by atoms with Crippen molar-refractivity contribution in [3.63, 3.8) is 0 Å². The number of rotatable bonds is 6. The lowest BCUT2D eigenvalue weighted by Gasteiger charge is -2.01. The maximum absolute atomic E-state index is 5.29. The van der Waals surface area contributed by atoms with Crippen LogP contribution in [-0.4, -0.2) is 20.3 Å². The second-order valence-electron chi connectivity index (χ2n) is 5.14. The molecule has 3 aromatic heterocycles. The minimum atomic E-state index is 0.567. The Morgan fingerprint density at radius 2 is 2.04 bits per heavy atom. The zero-order chi connectivity index (χ0) is 17.1. The van der Waals surface area contributed by atoms with Crippen LogP contribution in [0.25, 0.3) is 10.7 Å². The Hall–Kier alpha value is -2.23. The number of benzene rings is 1. The molecule has 6 nitrogen and oxygen atoms in total. The highest BCUT2D eigenvalue weighted by Gasteiger charge is 2.11. The molecule has 1 N–H and O–H groups in total. The summed E-state index contributed by atoms with van der Waals surface area (Å²) in [4.78, 5) is 5.40. The molecule has 126 valence electrons. The number of hydrogen-bond acceptors (Lipinski definition) is 9. The molecule has 25 heavy (non-hydrogen) atoms. The van der Waals surface area contributed by atoms with E-state index in [-0.39, 0.29) is 0 Å². The Kier molecular flexibility index (Phi) is 4.77. The summed E-state index contributed by atoms with van der Waals surface area (Å²) in [6.07, 6.45) is 0. The van der Waals surface area contributed by atoms with Crippen molar-refractivity contribution >= 4 is 45.3 Å². The van der Waals surface area contributed by atoms with Crippen LogP contribution >= 0.6 is 34.4 Å². The maximum atomic E-state index is 5.29. The summed E-state index contributed by atoms with van der Waals surface area (Å²) in [5.74, 6) is 1.78. The Morgan fingerprint density at radius 3 is 2.84 bits per heavy atom. The van der Waals surface area contributed by atoms with E-state index >= 15 is 0 Å². The Balaban J connectivity index is 1.36. The fourth-order valence-corrected chi connectivity index (χ4v) is 4.28. The van der Waals surface area contributed by atoms with Crippen LogP contribution in [-0.2, 0) is 5.75 Å². The summed E-state index contributed by atoms with van der Waals surface area (Å²) in [6, 6.07) is 12.1. The fraction of sp³-hybridized carbons (Fsp3) is 0.125. The lowest BCUT2D eigenvalue weighted by molar-refractivity contribution is 0.392. The molecule has 0 aliphatic carbocycles. The number of aromatic nitrogens is 4. The van der Waals surface area contributed by atoms with Gasteiger partial charge < -0.3 is 9.84 Å². The molecule has 0 amide bonds. The highest BCUT2D eigenvalue weighted by molar-refractivity contribution is 8.00. The smallest absolute Gasteiger partial charge is 0.237 e. The number of nitrogens with one attached hydrogen (secondary N) is 1. The van der Waals surface area contributed by atoms with Gasteiger partial charge in [-0.05, 0) is 30.5 Å². The SMILES string of the molecule is Cc1ccc(Nc2nnc(SCc3nc(-c4cccs4)no3)s2)cc1. The summed E-state index contributed by atoms with van der Waals surface area (Å²) in [5, 5.41) is 18.4. The second kappa shape index (κ2) is 7.34. The van der Waals surface area contributed by atoms with Crippen molar-refractivity contribution in [2.24, 2.45) is 0 Å². The summed E-state index contributed by atoms with van der Waals surface area (Å²) < 4.78 is 6.14. The van der Waals surface area contributed by atoms with Crippen molar-refractivity contribution in [2.75, 3.05) is 5.32 Å². The van der Waals surface area contributed by atoms with Gasteiger partial charge in [-0.2, -0.15) is 4.98 Å². The lowest BCUT2D eigenvalue weighted by atomic mass is 10.2. The third-order valence-corrected chi connectivity index (χ3v) is 6.06. The molecular weight excluding hydrogens is 374 g/mol. The van der Waals surface area contributed by atoms with Crippen LogP contribution in [0.2, 0.25) is 0 Å². The largest absolute Gasteiger partial charge is 0.338 e. The van der Waals surface area contributed by atoms with E-state index < -0.39 is 0 Å². The highest BCUT2D eigenvalue weighted by atomic mass is 32.2. The van der Waals surface area contributed by atoms with Crippen LogP contribution < -0.4 is 5.32 Å². The monoisotopic (exact) mass is 387 g/mol. The molecule has 0 spiro atoms. The van der Waals surface area contributed by atoms with Gasteiger partial charge in [0.05, 0.1) is 10.6 Å². The van der Waals surface area contributed by atoms with Crippen molar-refractivity contribution in [1.82, 2.24) is 20.3 Å². The normalized spacial score (nSPS) is 10.9. The molecule has 4 rings (SSSR count). The summed E-state index contributed by atoms with van der Waals surface area (Å²) in [7, 11) is 0. The Morgan fingerprint density at radius 1 is 1.16 bits per heavy atom. The van der Waals surface area contributed by atoms with Gasteiger partial charge in [0.1, 0.15) is 0 Å². The first kappa shape index (κ1) is 16.2. The first-order valence-electron chi connectivity index (χ1n) is 7.43. The number of hydrogen-bond donors (Lipinski definition) is 1. The van der Waals surface area contributed by atoms with Gasteiger partial charge in [0.15, 0.2) is 4.34 Å². The zero-order valence-electron chi connectivity index (χ0n) is 13.2. The quantitative estimate of drug-likeness (QED) is 0.467. The standard InChI is InChI=1S/C16H13N5OS3/c1-10-4-6-11(7-5-10)17-15-19-20-16(25-15)24-9-13-18-14(21-22-13)12-3-2-8-23-12/h2-8H,9H2,1H3,(H,17,19). The van der Waals surface area contributed by atoms with Gasteiger partial charge in [-0.15, -0.1) is 21.5 Å². The van der Waals surface area contributed by atoms with E-state index in [1.807, 2.05) is 29.6 Å². The molecule has 1 aromatic carbocycles. The molecule has 0 radical (unpaired) electrons. The molecule has 4 aromatic rings. The lowest BCUT2D eigenvalue weighted by Crippen LogP contribution is -1.88. The van der Waals surface area contributed by atoms with Gasteiger partial charge in [-0.25, -0.2) is 0 Å². The van der Waals surface area contributed by atoms with Gasteiger partial charge in [0.25, 0.3) is 0 Å². The van der Waals surface area contributed by atoms with Crippen LogP contribution in [0.5, 0.6) is 0 Å². The van der Waals surface area contributed by atoms with Crippen molar-refractivity contribution in [3.8, 4) is 10.7 Å². The summed E-state index contributed by atoms with van der Waals surface area (Å²) in [5.41, 5.74) is 2.22. The van der Waals surface area contributed by atoms with Crippen LogP contribution in [0, 0.1) is 6.92 Å². The number of nitrogens with zero attached hydrogens (tertiary/aromatic N) is 4. The van der Waals surface area contributed by atoms with E-state index in [1.165, 1.54) is 28.7 Å². The minimum Gasteiger partial charge on any atom is -0.338 e. The van der Waals surface area contributed by atoms with Crippen LogP contribution in [0.4, 0.5) is 10.8 Å². The molecule has 0 saturated carbocycles. The number of thiophene rings is 1. The molecule has 0 saturated heterocycles. The molecule has 0 unspecified atom stereocenters. The highest BCUT2D eigenvalue weighted by Crippen LogP contribution is 2.30. The van der Waals surface area contributed by atoms with Gasteiger partial charge in [-0.3, -0.25) is 0 Å². The van der Waals surface area contributed by atoms with Crippen LogP contribution in [0.3, 0.4) is 0 Å². The molecule has 0 aliphatic rings. The second-order valence-corrected chi connectivity index (χ2v) is 8.29. The molecule has 0 aliphatic heterocycles. The fourth-order valence-electron chi connectivity index (χ4n) is 2.02. The summed E-state index contributed by atoms with van der Waals surface area (Å²) >= 11 is 4.62. The third kappa shape index (κ3) is 4.06. The molecule has 0 bridgehead atoms. The first-order valence-corrected chi connectivity index (χ1v) is 10.1. The predicted molar refractivity (Wildman–Crippen MR) is 102 cm³/mol. The number of aryl methyl sites for hydroxylation is 1. The number of thioether (sulfide) groups is 1. The molecular formula is C16H13N5OS3. The third-order valence-electron chi connectivity index (χ3n) is 3.24. The van der Waals surface area contributed by atoms with Crippen LogP contribution in [0.1, 0.15) is 11.5 Å². The first-order chi connectivity index (χ1) is 12.3. The van der Waals surface area contributed by atoms with Crippen molar-refractivity contribution < 1.29 is 4.52 Å². The van der Waals surface area contributed by atoms with E-state index in [1.54, 1.807) is 11.3 Å². The maximum Gasteiger partial charge on any atom is 0.237 e. The average molecular weight is 388 g/mol. The van der Waals surface area contributed by atoms with Gasteiger partial charge in [0, 0.05) is 5.69 Å². The number of anilines is 2. The zero-order valence-corrected chi connectivity index (χ0v) is 15.6. The van der Waals surface area contributed by atoms with Gasteiger partial charge in [0.2, 0.25) is 16.8 Å². The van der Waals surface area contributed by atoms with Crippen LogP contribution in [0.15, 0.2) is 50.6 Å². The predicted octanol–water partition coefficient (Wildman–Crippen LogP) is 4.99. The van der Waals surface area contributed by atoms with Crippen molar-refractivity contribution in [1.29, 1.82) is 0 Å². The van der Waals surface area contributed by atoms with Gasteiger partial charge in [-0.1, -0.05) is 52.0 Å². The van der Waals surface area contributed by atoms with Crippen molar-refractivity contribution in [3.05, 3.63) is 53.2 Å². The molecule has 0 fully saturated rings. The minimum absolute atomic E-state index is 0.567. The van der Waals surface area contributed by atoms with E-state index in [2.05, 4.69) is 44.7 Å².